The smallest absolute Gasteiger partial charge is 0.0726 e. The van der Waals surface area contributed by atoms with E-state index in [4.69, 9.17) is 0 Å². The van der Waals surface area contributed by atoms with Crippen molar-refractivity contribution in [2.75, 3.05) is 4.90 Å². The van der Waals surface area contributed by atoms with Crippen molar-refractivity contribution in [2.24, 2.45) is 0 Å². The lowest BCUT2D eigenvalue weighted by molar-refractivity contribution is 0.661. The van der Waals surface area contributed by atoms with Gasteiger partial charge in [0, 0.05) is 16.8 Å². The molecule has 0 radical (unpaired) electrons. The van der Waals surface area contributed by atoms with Crippen LogP contribution in [-0.2, 0) is 10.8 Å². The SMILES string of the molecule is CC1(C)c2ccccc2-c2cccc(N(c3cccc(-c4cccc(C5=CC=C5)c4)c3)c3ccc4c(c3)C3(c5ccccc5-c5ccccc53)c3ccccc3-4)c21. The van der Waals surface area contributed by atoms with Gasteiger partial charge in [0.15, 0.2) is 0 Å². The lowest BCUT2D eigenvalue weighted by Crippen LogP contribution is -2.26. The molecule has 12 rings (SSSR count). The Labute approximate surface area is 334 Å². The number of nitrogens with zero attached hydrogens (tertiary/aromatic N) is 1. The summed E-state index contributed by atoms with van der Waals surface area (Å²) in [6.07, 6.45) is 6.49. The Hall–Kier alpha value is -6.96. The Kier molecular flexibility index (Phi) is 6.67. The number of allylic oxidation sites excluding steroid dienone is 4. The van der Waals surface area contributed by atoms with Gasteiger partial charge in [0.05, 0.1) is 11.1 Å². The number of fused-ring (bicyclic) bond motifs is 13. The summed E-state index contributed by atoms with van der Waals surface area (Å²) in [6.45, 7) is 4.79. The first-order valence-electron chi connectivity index (χ1n) is 20.1. The van der Waals surface area contributed by atoms with Crippen LogP contribution >= 0.6 is 0 Å². The van der Waals surface area contributed by atoms with Crippen molar-refractivity contribution in [3.05, 3.63) is 239 Å². The summed E-state index contributed by atoms with van der Waals surface area (Å²) in [5, 5.41) is 0. The second kappa shape index (κ2) is 11.8. The Morgan fingerprint density at radius 3 is 1.51 bits per heavy atom. The molecule has 1 heteroatoms. The molecule has 0 aliphatic heterocycles. The standard InChI is InChI=1S/C56H39N/c1-55(2)48-26-7-3-24-45(48)47-25-14-30-53(54(47)55)57(40-20-13-19-39(34-40)38-18-12-17-37(33-38)36-15-11-16-36)41-31-32-46-44-23-6-10-29-51(44)56(52(46)35-41)49-27-8-4-21-42(49)43-22-5-9-28-50(43)56/h3-35H,1-2H3. The number of hydrogen-bond donors (Lipinski definition) is 0. The first-order chi connectivity index (χ1) is 28.0. The molecule has 0 atom stereocenters. The largest absolute Gasteiger partial charge is 0.310 e. The van der Waals surface area contributed by atoms with E-state index in [0.29, 0.717) is 0 Å². The number of anilines is 3. The van der Waals surface area contributed by atoms with Crippen LogP contribution < -0.4 is 4.90 Å². The van der Waals surface area contributed by atoms with Crippen LogP contribution in [0.1, 0.15) is 52.8 Å². The first-order valence-corrected chi connectivity index (χ1v) is 20.1. The highest BCUT2D eigenvalue weighted by Gasteiger charge is 2.51. The number of rotatable bonds is 5. The minimum atomic E-state index is -0.429. The average molecular weight is 726 g/mol. The summed E-state index contributed by atoms with van der Waals surface area (Å²) in [7, 11) is 0. The zero-order valence-corrected chi connectivity index (χ0v) is 32.0. The molecule has 0 N–H and O–H groups in total. The Bertz CT molecular complexity index is 3000. The zero-order chi connectivity index (χ0) is 37.9. The Morgan fingerprint density at radius 2 is 0.877 bits per heavy atom. The fraction of sp³-hybridized carbons (Fsp3) is 0.0714. The average Bonchev–Trinajstić information content (AvgIpc) is 3.79. The van der Waals surface area contributed by atoms with Gasteiger partial charge in [-0.2, -0.15) is 0 Å². The van der Waals surface area contributed by atoms with Crippen LogP contribution in [0, 0.1) is 0 Å². The van der Waals surface area contributed by atoms with Crippen LogP contribution in [-0.4, -0.2) is 0 Å². The van der Waals surface area contributed by atoms with E-state index in [1.807, 2.05) is 0 Å². The molecule has 0 amide bonds. The van der Waals surface area contributed by atoms with Gasteiger partial charge >= 0.3 is 0 Å². The maximum atomic E-state index is 2.54. The molecule has 0 saturated heterocycles. The molecule has 8 aromatic rings. The van der Waals surface area contributed by atoms with Gasteiger partial charge in [0.1, 0.15) is 0 Å². The van der Waals surface area contributed by atoms with Crippen molar-refractivity contribution in [2.45, 2.75) is 24.7 Å². The second-order valence-electron chi connectivity index (χ2n) is 16.4. The zero-order valence-electron chi connectivity index (χ0n) is 32.0. The lowest BCUT2D eigenvalue weighted by atomic mass is 9.70. The molecule has 1 spiro atoms. The highest BCUT2D eigenvalue weighted by atomic mass is 15.1. The van der Waals surface area contributed by atoms with Crippen LogP contribution in [0.4, 0.5) is 17.1 Å². The van der Waals surface area contributed by atoms with Gasteiger partial charge in [-0.05, 0) is 125 Å². The molecule has 8 aromatic carbocycles. The third-order valence-corrected chi connectivity index (χ3v) is 13.2. The number of benzene rings is 8. The van der Waals surface area contributed by atoms with E-state index in [1.54, 1.807) is 0 Å². The van der Waals surface area contributed by atoms with E-state index < -0.39 is 5.41 Å². The van der Waals surface area contributed by atoms with Crippen molar-refractivity contribution in [3.63, 3.8) is 0 Å². The summed E-state index contributed by atoms with van der Waals surface area (Å²) in [5.74, 6) is 0. The highest BCUT2D eigenvalue weighted by Crippen LogP contribution is 2.63. The van der Waals surface area contributed by atoms with Gasteiger partial charge in [-0.25, -0.2) is 0 Å². The minimum Gasteiger partial charge on any atom is -0.310 e. The van der Waals surface area contributed by atoms with E-state index in [0.717, 1.165) is 11.4 Å². The summed E-state index contributed by atoms with van der Waals surface area (Å²) in [6, 6.07) is 68.5. The summed E-state index contributed by atoms with van der Waals surface area (Å²) >= 11 is 0. The Balaban J connectivity index is 1.12. The van der Waals surface area contributed by atoms with E-state index in [2.05, 4.69) is 219 Å². The molecular formula is C56H39N. The van der Waals surface area contributed by atoms with E-state index in [1.165, 1.54) is 94.7 Å². The van der Waals surface area contributed by atoms with Crippen molar-refractivity contribution >= 4 is 22.6 Å². The molecule has 0 fully saturated rings. The molecule has 0 bridgehead atoms. The quantitative estimate of drug-likeness (QED) is 0.171. The number of hydrogen-bond acceptors (Lipinski definition) is 1. The highest BCUT2D eigenvalue weighted by molar-refractivity contribution is 5.97. The van der Waals surface area contributed by atoms with Gasteiger partial charge in [-0.15, -0.1) is 0 Å². The van der Waals surface area contributed by atoms with Crippen LogP contribution in [0.25, 0.3) is 50.1 Å². The molecule has 0 heterocycles. The molecule has 0 aromatic heterocycles. The van der Waals surface area contributed by atoms with Crippen LogP contribution in [0.2, 0.25) is 0 Å². The molecule has 57 heavy (non-hydrogen) atoms. The monoisotopic (exact) mass is 725 g/mol. The van der Waals surface area contributed by atoms with E-state index >= 15 is 0 Å². The normalized spacial score (nSPS) is 15.2. The van der Waals surface area contributed by atoms with Crippen LogP contribution in [0.3, 0.4) is 0 Å². The first kappa shape index (κ1) is 32.3. The van der Waals surface area contributed by atoms with Crippen molar-refractivity contribution < 1.29 is 0 Å². The maximum absolute atomic E-state index is 2.54. The predicted octanol–water partition coefficient (Wildman–Crippen LogP) is 14.4. The third-order valence-electron chi connectivity index (χ3n) is 13.2. The second-order valence-corrected chi connectivity index (χ2v) is 16.4. The fourth-order valence-electron chi connectivity index (χ4n) is 10.7. The maximum Gasteiger partial charge on any atom is 0.0726 e. The van der Waals surface area contributed by atoms with Crippen LogP contribution in [0.15, 0.2) is 200 Å². The van der Waals surface area contributed by atoms with Gasteiger partial charge in [0.25, 0.3) is 0 Å². The van der Waals surface area contributed by atoms with E-state index in [-0.39, 0.29) is 5.41 Å². The molecule has 4 aliphatic carbocycles. The van der Waals surface area contributed by atoms with Gasteiger partial charge in [-0.1, -0.05) is 178 Å². The van der Waals surface area contributed by atoms with Crippen LogP contribution in [0.5, 0.6) is 0 Å². The van der Waals surface area contributed by atoms with E-state index in [9.17, 15) is 0 Å². The van der Waals surface area contributed by atoms with Gasteiger partial charge in [0.2, 0.25) is 0 Å². The van der Waals surface area contributed by atoms with Gasteiger partial charge in [-0.3, -0.25) is 0 Å². The molecule has 0 unspecified atom stereocenters. The molecule has 4 aliphatic rings. The van der Waals surface area contributed by atoms with Crippen molar-refractivity contribution in [1.29, 1.82) is 0 Å². The minimum absolute atomic E-state index is 0.200. The molecular weight excluding hydrogens is 687 g/mol. The lowest BCUT2D eigenvalue weighted by Gasteiger charge is -2.34. The molecule has 0 saturated carbocycles. The van der Waals surface area contributed by atoms with Crippen molar-refractivity contribution in [1.82, 2.24) is 0 Å². The summed E-state index contributed by atoms with van der Waals surface area (Å²) in [4.78, 5) is 2.54. The topological polar surface area (TPSA) is 3.24 Å². The van der Waals surface area contributed by atoms with Crippen molar-refractivity contribution in [3.8, 4) is 44.5 Å². The summed E-state index contributed by atoms with van der Waals surface area (Å²) in [5.41, 5.74) is 23.8. The summed E-state index contributed by atoms with van der Waals surface area (Å²) < 4.78 is 0. The van der Waals surface area contributed by atoms with Gasteiger partial charge < -0.3 is 4.90 Å². The molecule has 268 valence electrons. The molecule has 1 nitrogen and oxygen atoms in total. The third kappa shape index (κ3) is 4.34. The fourth-order valence-corrected chi connectivity index (χ4v) is 10.7. The predicted molar refractivity (Wildman–Crippen MR) is 238 cm³/mol. The Morgan fingerprint density at radius 1 is 0.386 bits per heavy atom.